The Labute approximate surface area is 140 Å². The lowest BCUT2D eigenvalue weighted by Crippen LogP contribution is -2.50. The van der Waals surface area contributed by atoms with Crippen LogP contribution in [0.25, 0.3) is 0 Å². The molecule has 1 saturated heterocycles. The molecule has 2 aliphatic rings. The van der Waals surface area contributed by atoms with E-state index in [2.05, 4.69) is 10.6 Å². The number of carbonyl (C=O) groups is 2. The first kappa shape index (κ1) is 14.7. The second-order valence-electron chi connectivity index (χ2n) is 5.84. The van der Waals surface area contributed by atoms with Crippen molar-refractivity contribution in [3.63, 3.8) is 0 Å². The highest BCUT2D eigenvalue weighted by Crippen LogP contribution is 2.38. The fraction of sp³-hybridized carbons (Fsp3) is 0.222. The Kier molecular flexibility index (Phi) is 3.66. The van der Waals surface area contributed by atoms with Crippen molar-refractivity contribution in [2.45, 2.75) is 0 Å². The quantitative estimate of drug-likeness (QED) is 0.783. The fourth-order valence-electron chi connectivity index (χ4n) is 3.16. The van der Waals surface area contributed by atoms with Crippen LogP contribution < -0.4 is 15.5 Å². The van der Waals surface area contributed by atoms with Gasteiger partial charge in [0.15, 0.2) is 0 Å². The third-order valence-electron chi connectivity index (χ3n) is 4.36. The number of nitrogens with zero attached hydrogens (tertiary/aromatic N) is 2. The molecule has 0 unspecified atom stereocenters. The Hall–Kier alpha value is -2.86. The molecule has 24 heavy (non-hydrogen) atoms. The first-order valence-electron chi connectivity index (χ1n) is 8.05. The molecule has 4 rings (SSSR count). The molecule has 2 aromatic rings. The van der Waals surface area contributed by atoms with Gasteiger partial charge in [-0.3, -0.25) is 9.69 Å². The number of piperazine rings is 1. The second kappa shape index (κ2) is 5.98. The van der Waals surface area contributed by atoms with E-state index in [4.69, 9.17) is 0 Å². The van der Waals surface area contributed by atoms with Gasteiger partial charge in [0.25, 0.3) is 5.91 Å². The van der Waals surface area contributed by atoms with Gasteiger partial charge < -0.3 is 15.5 Å². The van der Waals surface area contributed by atoms with Crippen molar-refractivity contribution >= 4 is 29.0 Å². The predicted molar refractivity (Wildman–Crippen MR) is 92.8 cm³/mol. The van der Waals surface area contributed by atoms with Crippen molar-refractivity contribution in [3.05, 3.63) is 54.1 Å². The van der Waals surface area contributed by atoms with E-state index >= 15 is 0 Å². The van der Waals surface area contributed by atoms with E-state index in [1.165, 1.54) is 0 Å². The average Bonchev–Trinajstić information content (AvgIpc) is 2.76. The first-order valence-corrected chi connectivity index (χ1v) is 8.05. The fourth-order valence-corrected chi connectivity index (χ4v) is 3.16. The van der Waals surface area contributed by atoms with E-state index < -0.39 is 0 Å². The Morgan fingerprint density at radius 2 is 1.58 bits per heavy atom. The van der Waals surface area contributed by atoms with Gasteiger partial charge in [0.1, 0.15) is 0 Å². The smallest absolute Gasteiger partial charge is 0.322 e. The molecule has 2 heterocycles. The summed E-state index contributed by atoms with van der Waals surface area (Å²) in [6.45, 7) is 2.86. The molecule has 6 heteroatoms. The highest BCUT2D eigenvalue weighted by molar-refractivity contribution is 6.17. The Morgan fingerprint density at radius 3 is 2.38 bits per heavy atom. The van der Waals surface area contributed by atoms with Crippen LogP contribution in [0.2, 0.25) is 0 Å². The van der Waals surface area contributed by atoms with Crippen LogP contribution in [0.5, 0.6) is 0 Å². The summed E-state index contributed by atoms with van der Waals surface area (Å²) in [5.41, 5.74) is 2.45. The summed E-state index contributed by atoms with van der Waals surface area (Å²) in [7, 11) is 0. The third kappa shape index (κ3) is 2.41. The lowest BCUT2D eigenvalue weighted by atomic mass is 10.1. The number of hydrogen-bond acceptors (Lipinski definition) is 3. The lowest BCUT2D eigenvalue weighted by molar-refractivity contribution is 0.102. The van der Waals surface area contributed by atoms with Crippen LogP contribution in [0.4, 0.5) is 21.9 Å². The minimum Gasteiger partial charge on any atom is -0.322 e. The van der Waals surface area contributed by atoms with E-state index in [0.717, 1.165) is 13.1 Å². The Morgan fingerprint density at radius 1 is 0.917 bits per heavy atom. The maximum atomic E-state index is 13.2. The number of nitrogens with one attached hydrogen (secondary N) is 2. The molecule has 0 aromatic heterocycles. The number of fused-ring (bicyclic) bond motifs is 2. The summed E-state index contributed by atoms with van der Waals surface area (Å²) in [5.74, 6) is -0.200. The van der Waals surface area contributed by atoms with Crippen molar-refractivity contribution < 1.29 is 9.59 Å². The summed E-state index contributed by atoms with van der Waals surface area (Å²) in [6, 6.07) is 14.5. The average molecular weight is 322 g/mol. The summed E-state index contributed by atoms with van der Waals surface area (Å²) < 4.78 is 0. The van der Waals surface area contributed by atoms with Crippen LogP contribution in [0.15, 0.2) is 48.5 Å². The highest BCUT2D eigenvalue weighted by Gasteiger charge is 2.32. The van der Waals surface area contributed by atoms with Crippen LogP contribution >= 0.6 is 0 Å². The topological polar surface area (TPSA) is 64.7 Å². The SMILES string of the molecule is O=C1Nc2ccccc2N(C(=O)N2CCNCC2)c2ccccc21. The standard InChI is InChI=1S/C18H18N4O2/c23-17-13-5-1-3-7-15(13)22(16-8-4-2-6-14(16)20-17)18(24)21-11-9-19-10-12-21/h1-8,19H,9-12H2,(H,20,23). The molecule has 0 spiro atoms. The van der Waals surface area contributed by atoms with Crippen LogP contribution in [0.3, 0.4) is 0 Å². The van der Waals surface area contributed by atoms with Crippen molar-refractivity contribution in [2.75, 3.05) is 36.4 Å². The zero-order valence-corrected chi connectivity index (χ0v) is 13.2. The van der Waals surface area contributed by atoms with Gasteiger partial charge in [0.2, 0.25) is 0 Å². The molecule has 0 aliphatic carbocycles. The number of urea groups is 1. The monoisotopic (exact) mass is 322 g/mol. The molecule has 122 valence electrons. The Bertz CT molecular complexity index is 799. The maximum absolute atomic E-state index is 13.2. The van der Waals surface area contributed by atoms with Gasteiger partial charge in [-0.25, -0.2) is 4.79 Å². The predicted octanol–water partition coefficient (Wildman–Crippen LogP) is 2.42. The van der Waals surface area contributed by atoms with E-state index in [-0.39, 0.29) is 11.9 Å². The van der Waals surface area contributed by atoms with Crippen molar-refractivity contribution in [2.24, 2.45) is 0 Å². The third-order valence-corrected chi connectivity index (χ3v) is 4.36. The molecule has 2 aromatic carbocycles. The van der Waals surface area contributed by atoms with E-state index in [0.29, 0.717) is 35.7 Å². The van der Waals surface area contributed by atoms with Gasteiger partial charge in [-0.1, -0.05) is 24.3 Å². The first-order chi connectivity index (χ1) is 11.8. The number of para-hydroxylation sites is 3. The highest BCUT2D eigenvalue weighted by atomic mass is 16.2. The van der Waals surface area contributed by atoms with Gasteiger partial charge in [0, 0.05) is 26.2 Å². The maximum Gasteiger partial charge on any atom is 0.329 e. The molecular formula is C18H18N4O2. The zero-order valence-electron chi connectivity index (χ0n) is 13.2. The summed E-state index contributed by atoms with van der Waals surface area (Å²) in [6.07, 6.45) is 0. The molecule has 0 bridgehead atoms. The molecule has 0 radical (unpaired) electrons. The van der Waals surface area contributed by atoms with Crippen LogP contribution in [-0.2, 0) is 0 Å². The summed E-state index contributed by atoms with van der Waals surface area (Å²) >= 11 is 0. The number of rotatable bonds is 0. The molecule has 0 atom stereocenters. The van der Waals surface area contributed by atoms with Gasteiger partial charge in [0.05, 0.1) is 22.6 Å². The number of anilines is 3. The molecule has 3 amide bonds. The lowest BCUT2D eigenvalue weighted by Gasteiger charge is -2.33. The molecule has 6 nitrogen and oxygen atoms in total. The summed E-state index contributed by atoms with van der Waals surface area (Å²) in [5, 5.41) is 6.15. The van der Waals surface area contributed by atoms with Gasteiger partial charge in [-0.15, -0.1) is 0 Å². The molecule has 0 saturated carbocycles. The largest absolute Gasteiger partial charge is 0.329 e. The number of carbonyl (C=O) groups excluding carboxylic acids is 2. The van der Waals surface area contributed by atoms with Gasteiger partial charge in [-0.2, -0.15) is 0 Å². The normalized spacial score (nSPS) is 16.8. The van der Waals surface area contributed by atoms with Gasteiger partial charge in [-0.05, 0) is 24.3 Å². The molecule has 1 fully saturated rings. The molecule has 2 aliphatic heterocycles. The minimum atomic E-state index is -0.200. The van der Waals surface area contributed by atoms with Crippen molar-refractivity contribution in [1.29, 1.82) is 0 Å². The van der Waals surface area contributed by atoms with Crippen molar-refractivity contribution in [1.82, 2.24) is 10.2 Å². The molecule has 2 N–H and O–H groups in total. The second-order valence-corrected chi connectivity index (χ2v) is 5.84. The van der Waals surface area contributed by atoms with E-state index in [1.54, 1.807) is 11.0 Å². The number of amides is 3. The number of hydrogen-bond donors (Lipinski definition) is 2. The minimum absolute atomic E-state index is 0.104. The van der Waals surface area contributed by atoms with Crippen LogP contribution in [0, 0.1) is 0 Å². The van der Waals surface area contributed by atoms with Crippen molar-refractivity contribution in [3.8, 4) is 0 Å². The van der Waals surface area contributed by atoms with E-state index in [9.17, 15) is 9.59 Å². The van der Waals surface area contributed by atoms with Crippen LogP contribution in [-0.4, -0.2) is 43.0 Å². The zero-order chi connectivity index (χ0) is 16.5. The molecular weight excluding hydrogens is 304 g/mol. The van der Waals surface area contributed by atoms with E-state index in [1.807, 2.05) is 47.4 Å². The van der Waals surface area contributed by atoms with Crippen LogP contribution in [0.1, 0.15) is 10.4 Å². The van der Waals surface area contributed by atoms with Gasteiger partial charge >= 0.3 is 6.03 Å². The summed E-state index contributed by atoms with van der Waals surface area (Å²) in [4.78, 5) is 29.2. The Balaban J connectivity index is 1.86. The number of benzene rings is 2.